The van der Waals surface area contributed by atoms with Crippen LogP contribution in [0.4, 0.5) is 0 Å². The Bertz CT molecular complexity index is 887. The summed E-state index contributed by atoms with van der Waals surface area (Å²) in [6, 6.07) is 24.1. The number of likely N-dealkylation sites (N-methyl/N-ethyl adjacent to an activating group) is 1. The molecule has 0 saturated heterocycles. The van der Waals surface area contributed by atoms with Gasteiger partial charge in [-0.3, -0.25) is 0 Å². The number of aliphatic hydroxyl groups excluding tert-OH is 1. The molecule has 0 spiro atoms. The van der Waals surface area contributed by atoms with Gasteiger partial charge in [-0.05, 0) is 48.0 Å². The van der Waals surface area contributed by atoms with Gasteiger partial charge in [-0.15, -0.1) is 11.8 Å². The molecular weight excluding hydrogens is 409 g/mol. The number of hydrogen-bond acceptors (Lipinski definition) is 3. The average molecular weight is 432 g/mol. The molecule has 3 rings (SSSR count). The van der Waals surface area contributed by atoms with Crippen LogP contribution in [0.2, 0.25) is 10.0 Å². The third-order valence-corrected chi connectivity index (χ3v) is 6.25. The Balaban J connectivity index is 1.75. The molecule has 0 radical (unpaired) electrons. The molecule has 2 nitrogen and oxygen atoms in total. The van der Waals surface area contributed by atoms with Gasteiger partial charge in [0.05, 0.1) is 6.10 Å². The van der Waals surface area contributed by atoms with Crippen LogP contribution in [0.5, 0.6) is 0 Å². The smallest absolute Gasteiger partial charge is 0.0773 e. The summed E-state index contributed by atoms with van der Waals surface area (Å²) in [6.45, 7) is 0.533. The van der Waals surface area contributed by atoms with E-state index in [-0.39, 0.29) is 5.92 Å². The van der Waals surface area contributed by atoms with Crippen LogP contribution in [-0.4, -0.2) is 24.8 Å². The number of nitrogens with one attached hydrogen (secondary N) is 1. The highest BCUT2D eigenvalue weighted by Crippen LogP contribution is 2.32. The maximum Gasteiger partial charge on any atom is 0.0773 e. The Morgan fingerprint density at radius 2 is 1.61 bits per heavy atom. The second-order valence-corrected chi connectivity index (χ2v) is 8.50. The summed E-state index contributed by atoms with van der Waals surface area (Å²) < 4.78 is 0. The number of hydrogen-bond donors (Lipinski definition) is 2. The molecule has 0 aliphatic heterocycles. The molecule has 0 saturated carbocycles. The maximum absolute atomic E-state index is 10.7. The van der Waals surface area contributed by atoms with E-state index in [1.807, 2.05) is 37.4 Å². The van der Waals surface area contributed by atoms with Gasteiger partial charge in [0.25, 0.3) is 0 Å². The highest BCUT2D eigenvalue weighted by molar-refractivity contribution is 7.98. The zero-order valence-electron chi connectivity index (χ0n) is 15.6. The Labute approximate surface area is 180 Å². The summed E-state index contributed by atoms with van der Waals surface area (Å²) in [7, 11) is 1.85. The van der Waals surface area contributed by atoms with Crippen molar-refractivity contribution in [1.82, 2.24) is 5.32 Å². The van der Waals surface area contributed by atoms with Gasteiger partial charge in [0, 0.05) is 33.2 Å². The summed E-state index contributed by atoms with van der Waals surface area (Å²) in [5.41, 5.74) is 3.27. The fourth-order valence-electron chi connectivity index (χ4n) is 3.20. The number of benzene rings is 3. The Kier molecular flexibility index (Phi) is 7.83. The van der Waals surface area contributed by atoms with Gasteiger partial charge in [-0.25, -0.2) is 0 Å². The molecule has 5 heteroatoms. The van der Waals surface area contributed by atoms with Crippen LogP contribution in [0, 0.1) is 0 Å². The van der Waals surface area contributed by atoms with Crippen LogP contribution in [-0.2, 0) is 5.75 Å². The highest BCUT2D eigenvalue weighted by atomic mass is 35.5. The zero-order valence-corrected chi connectivity index (χ0v) is 17.9. The van der Waals surface area contributed by atoms with Crippen LogP contribution in [0.1, 0.15) is 22.6 Å². The van der Waals surface area contributed by atoms with E-state index >= 15 is 0 Å². The number of rotatable bonds is 8. The first-order chi connectivity index (χ1) is 13.6. The molecule has 0 bridgehead atoms. The lowest BCUT2D eigenvalue weighted by Crippen LogP contribution is -2.30. The van der Waals surface area contributed by atoms with Crippen molar-refractivity contribution in [2.45, 2.75) is 22.7 Å². The molecule has 2 atom stereocenters. The predicted octanol–water partition coefficient (Wildman–Crippen LogP) is 6.00. The van der Waals surface area contributed by atoms with Gasteiger partial charge < -0.3 is 10.4 Å². The summed E-state index contributed by atoms with van der Waals surface area (Å²) in [5.74, 6) is 0.707. The molecule has 2 N–H and O–H groups in total. The third-order valence-electron chi connectivity index (χ3n) is 4.61. The van der Waals surface area contributed by atoms with Crippen molar-refractivity contribution in [3.8, 4) is 0 Å². The number of thioether (sulfide) groups is 1. The van der Waals surface area contributed by atoms with Gasteiger partial charge in [0.1, 0.15) is 0 Å². The van der Waals surface area contributed by atoms with E-state index in [1.165, 1.54) is 0 Å². The normalized spacial score (nSPS) is 13.3. The first kappa shape index (κ1) is 21.2. The van der Waals surface area contributed by atoms with Crippen molar-refractivity contribution >= 4 is 35.0 Å². The first-order valence-electron chi connectivity index (χ1n) is 9.13. The third kappa shape index (κ3) is 5.53. The van der Waals surface area contributed by atoms with Gasteiger partial charge in [0.15, 0.2) is 0 Å². The lowest BCUT2D eigenvalue weighted by molar-refractivity contribution is 0.156. The topological polar surface area (TPSA) is 32.3 Å². The molecule has 3 aromatic rings. The van der Waals surface area contributed by atoms with Gasteiger partial charge >= 0.3 is 0 Å². The van der Waals surface area contributed by atoms with Gasteiger partial charge in [-0.2, -0.15) is 0 Å². The number of aliphatic hydroxyl groups is 1. The van der Waals surface area contributed by atoms with E-state index in [9.17, 15) is 5.11 Å². The van der Waals surface area contributed by atoms with E-state index in [1.54, 1.807) is 17.8 Å². The molecule has 3 aromatic carbocycles. The van der Waals surface area contributed by atoms with Gasteiger partial charge in [0.2, 0.25) is 0 Å². The molecular formula is C23H23Cl2NOS. The Morgan fingerprint density at radius 1 is 0.929 bits per heavy atom. The lowest BCUT2D eigenvalue weighted by atomic mass is 9.86. The fourth-order valence-corrected chi connectivity index (χ4v) is 4.65. The Hall–Kier alpha value is -1.49. The van der Waals surface area contributed by atoms with Crippen LogP contribution >= 0.6 is 35.0 Å². The number of halogens is 2. The molecule has 0 heterocycles. The van der Waals surface area contributed by atoms with E-state index < -0.39 is 6.10 Å². The first-order valence-corrected chi connectivity index (χ1v) is 10.9. The molecule has 0 aliphatic rings. The van der Waals surface area contributed by atoms with E-state index in [0.717, 1.165) is 27.3 Å². The summed E-state index contributed by atoms with van der Waals surface area (Å²) >= 11 is 14.0. The minimum atomic E-state index is -0.501. The summed E-state index contributed by atoms with van der Waals surface area (Å²) in [4.78, 5) is 1.16. The van der Waals surface area contributed by atoms with Crippen LogP contribution in [0.25, 0.3) is 0 Å². The standard InChI is InChI=1S/C23H23Cl2NOS/c1-26-14-22(27)23(16-5-3-2-4-6-16)17-8-11-20(12-9-17)28-15-18-7-10-19(24)13-21(18)25/h2-13,22-23,26-27H,14-15H2,1H3. The summed E-state index contributed by atoms with van der Waals surface area (Å²) in [5, 5.41) is 15.1. The second-order valence-electron chi connectivity index (χ2n) is 6.61. The van der Waals surface area contributed by atoms with Crippen LogP contribution < -0.4 is 5.32 Å². The van der Waals surface area contributed by atoms with Crippen molar-refractivity contribution in [3.05, 3.63) is 99.5 Å². The van der Waals surface area contributed by atoms with Gasteiger partial charge in [-0.1, -0.05) is 71.7 Å². The molecule has 0 fully saturated rings. The van der Waals surface area contributed by atoms with E-state index in [4.69, 9.17) is 23.2 Å². The van der Waals surface area contributed by atoms with Crippen molar-refractivity contribution in [2.75, 3.05) is 13.6 Å². The molecule has 0 aliphatic carbocycles. The molecule has 146 valence electrons. The van der Waals surface area contributed by atoms with Crippen molar-refractivity contribution in [2.24, 2.45) is 0 Å². The quantitative estimate of drug-likeness (QED) is 0.429. The van der Waals surface area contributed by atoms with Crippen molar-refractivity contribution < 1.29 is 5.11 Å². The SMILES string of the molecule is CNCC(O)C(c1ccccc1)c1ccc(SCc2ccc(Cl)cc2Cl)cc1. The molecule has 0 aromatic heterocycles. The fraction of sp³-hybridized carbons (Fsp3) is 0.217. The minimum Gasteiger partial charge on any atom is -0.391 e. The Morgan fingerprint density at radius 3 is 2.25 bits per heavy atom. The van der Waals surface area contributed by atoms with Crippen molar-refractivity contribution in [3.63, 3.8) is 0 Å². The van der Waals surface area contributed by atoms with Crippen LogP contribution in [0.15, 0.2) is 77.7 Å². The predicted molar refractivity (Wildman–Crippen MR) is 121 cm³/mol. The largest absolute Gasteiger partial charge is 0.391 e. The van der Waals surface area contributed by atoms with E-state index in [0.29, 0.717) is 16.6 Å². The van der Waals surface area contributed by atoms with Crippen LogP contribution in [0.3, 0.4) is 0 Å². The van der Waals surface area contributed by atoms with Crippen molar-refractivity contribution in [1.29, 1.82) is 0 Å². The molecule has 2 unspecified atom stereocenters. The second kappa shape index (κ2) is 10.3. The monoisotopic (exact) mass is 431 g/mol. The zero-order chi connectivity index (χ0) is 19.9. The highest BCUT2D eigenvalue weighted by Gasteiger charge is 2.22. The molecule has 0 amide bonds. The lowest BCUT2D eigenvalue weighted by Gasteiger charge is -2.24. The maximum atomic E-state index is 10.7. The molecule has 28 heavy (non-hydrogen) atoms. The average Bonchev–Trinajstić information content (AvgIpc) is 2.70. The summed E-state index contributed by atoms with van der Waals surface area (Å²) in [6.07, 6.45) is -0.501. The van der Waals surface area contributed by atoms with E-state index in [2.05, 4.69) is 41.7 Å². The minimum absolute atomic E-state index is 0.0709.